The lowest BCUT2D eigenvalue weighted by atomic mass is 9.85. The Labute approximate surface area is 259 Å². The van der Waals surface area contributed by atoms with E-state index in [1.165, 1.54) is 0 Å². The molecule has 0 spiro atoms. The number of aromatic nitrogens is 3. The molecule has 1 aliphatic carbocycles. The highest BCUT2D eigenvalue weighted by molar-refractivity contribution is 9.10. The van der Waals surface area contributed by atoms with Crippen LogP contribution in [-0.2, 0) is 22.6 Å². The number of pyridine rings is 2. The highest BCUT2D eigenvalue weighted by Gasteiger charge is 2.30. The van der Waals surface area contributed by atoms with E-state index in [0.29, 0.717) is 35.6 Å². The summed E-state index contributed by atoms with van der Waals surface area (Å²) in [4.78, 5) is 46.1. The van der Waals surface area contributed by atoms with Gasteiger partial charge in [-0.15, -0.1) is 0 Å². The number of nitrogens with zero attached hydrogens (tertiary/aromatic N) is 4. The van der Waals surface area contributed by atoms with E-state index >= 15 is 0 Å². The van der Waals surface area contributed by atoms with Crippen LogP contribution in [0.5, 0.6) is 0 Å². The van der Waals surface area contributed by atoms with Crippen molar-refractivity contribution < 1.29 is 19.1 Å². The van der Waals surface area contributed by atoms with Crippen molar-refractivity contribution in [2.45, 2.75) is 85.1 Å². The predicted octanol–water partition coefficient (Wildman–Crippen LogP) is 7.48. The van der Waals surface area contributed by atoms with Crippen LogP contribution < -0.4 is 5.56 Å². The Hall–Kier alpha value is -3.66. The quantitative estimate of drug-likeness (QED) is 0.215. The topological polar surface area (TPSA) is 95.7 Å². The zero-order valence-electron chi connectivity index (χ0n) is 25.6. The van der Waals surface area contributed by atoms with Crippen molar-refractivity contribution in [1.82, 2.24) is 19.0 Å². The second kappa shape index (κ2) is 11.8. The molecule has 0 radical (unpaired) electrons. The van der Waals surface area contributed by atoms with E-state index in [1.807, 2.05) is 71.9 Å². The lowest BCUT2D eigenvalue weighted by Gasteiger charge is -2.33. The van der Waals surface area contributed by atoms with Crippen molar-refractivity contribution in [1.29, 1.82) is 0 Å². The number of hydrogen-bond donors (Lipinski definition) is 0. The molecule has 3 aromatic heterocycles. The Morgan fingerprint density at radius 2 is 1.72 bits per heavy atom. The first-order valence-corrected chi connectivity index (χ1v) is 15.4. The van der Waals surface area contributed by atoms with Crippen LogP contribution in [-0.4, -0.2) is 49.0 Å². The van der Waals surface area contributed by atoms with E-state index in [-0.39, 0.29) is 12.1 Å². The third-order valence-corrected chi connectivity index (χ3v) is 8.07. The minimum atomic E-state index is -0.722. The molecule has 9 nitrogen and oxygen atoms in total. The maximum absolute atomic E-state index is 13.7. The Morgan fingerprint density at radius 1 is 1.00 bits per heavy atom. The number of rotatable bonds is 6. The van der Waals surface area contributed by atoms with Crippen LogP contribution in [0.15, 0.2) is 58.2 Å². The van der Waals surface area contributed by atoms with Crippen LogP contribution in [0, 0.1) is 5.92 Å². The first-order valence-electron chi connectivity index (χ1n) is 14.7. The summed E-state index contributed by atoms with van der Waals surface area (Å²) in [7, 11) is 0. The number of hydrogen-bond acceptors (Lipinski definition) is 6. The van der Waals surface area contributed by atoms with E-state index in [1.54, 1.807) is 32.6 Å². The van der Waals surface area contributed by atoms with E-state index in [9.17, 15) is 14.4 Å². The Kier molecular flexibility index (Phi) is 8.44. The molecule has 0 bridgehead atoms. The summed E-state index contributed by atoms with van der Waals surface area (Å²) < 4.78 is 15.5. The van der Waals surface area contributed by atoms with Crippen molar-refractivity contribution in [3.8, 4) is 0 Å². The highest BCUT2D eigenvalue weighted by Crippen LogP contribution is 2.30. The lowest BCUT2D eigenvalue weighted by molar-refractivity contribution is 0.0163. The molecule has 1 fully saturated rings. The molecular weight excluding hydrogens is 612 g/mol. The second-order valence-corrected chi connectivity index (χ2v) is 14.2. The summed E-state index contributed by atoms with van der Waals surface area (Å²) in [5, 5.41) is 2.15. The molecule has 0 N–H and O–H groups in total. The fourth-order valence-electron chi connectivity index (χ4n) is 5.25. The van der Waals surface area contributed by atoms with Crippen LogP contribution in [0.25, 0.3) is 21.7 Å². The van der Waals surface area contributed by atoms with Gasteiger partial charge in [0.2, 0.25) is 0 Å². The highest BCUT2D eigenvalue weighted by atomic mass is 79.9. The minimum Gasteiger partial charge on any atom is -0.444 e. The van der Waals surface area contributed by atoms with Crippen molar-refractivity contribution in [3.05, 3.63) is 75.0 Å². The third-order valence-electron chi connectivity index (χ3n) is 7.43. The van der Waals surface area contributed by atoms with Crippen molar-refractivity contribution in [2.24, 2.45) is 5.92 Å². The summed E-state index contributed by atoms with van der Waals surface area (Å²) in [6.45, 7) is 12.1. The van der Waals surface area contributed by atoms with E-state index in [4.69, 9.17) is 9.47 Å². The minimum absolute atomic E-state index is 0.154. The Morgan fingerprint density at radius 3 is 2.37 bits per heavy atom. The smallest absolute Gasteiger partial charge is 0.419 e. The van der Waals surface area contributed by atoms with Gasteiger partial charge in [0.25, 0.3) is 5.56 Å². The van der Waals surface area contributed by atoms with Crippen LogP contribution in [0.1, 0.15) is 72.1 Å². The fourth-order valence-corrected chi connectivity index (χ4v) is 5.71. The summed E-state index contributed by atoms with van der Waals surface area (Å²) in [6, 6.07) is 9.59. The molecule has 0 saturated heterocycles. The molecule has 4 aromatic rings. The average molecular weight is 652 g/mol. The van der Waals surface area contributed by atoms with Gasteiger partial charge in [-0.05, 0) is 100.0 Å². The zero-order valence-corrected chi connectivity index (χ0v) is 27.2. The van der Waals surface area contributed by atoms with Gasteiger partial charge < -0.3 is 18.9 Å². The number of amides is 1. The van der Waals surface area contributed by atoms with Gasteiger partial charge in [-0.3, -0.25) is 9.78 Å². The third kappa shape index (κ3) is 7.12. The molecule has 0 aliphatic heterocycles. The second-order valence-electron chi connectivity index (χ2n) is 13.3. The number of benzene rings is 1. The maximum Gasteiger partial charge on any atom is 0.419 e. The first-order chi connectivity index (χ1) is 20.2. The van der Waals surface area contributed by atoms with Crippen molar-refractivity contribution >= 4 is 49.8 Å². The zero-order chi connectivity index (χ0) is 31.1. The average Bonchev–Trinajstić information content (AvgIpc) is 3.22. The predicted molar refractivity (Wildman–Crippen MR) is 170 cm³/mol. The summed E-state index contributed by atoms with van der Waals surface area (Å²) in [5.74, 6) is 0.412. The molecule has 228 valence electrons. The van der Waals surface area contributed by atoms with Crippen LogP contribution >= 0.6 is 15.9 Å². The molecular formula is C33H39BrN4O5. The maximum atomic E-state index is 13.7. The fraction of sp³-hybridized carbons (Fsp3) is 0.455. The first kappa shape index (κ1) is 30.8. The molecule has 10 heteroatoms. The number of carbonyl (C=O) groups excluding carboxylic acids is 2. The van der Waals surface area contributed by atoms with Crippen LogP contribution in [0.3, 0.4) is 0 Å². The van der Waals surface area contributed by atoms with E-state index < -0.39 is 23.4 Å². The molecule has 0 unspecified atom stereocenters. The van der Waals surface area contributed by atoms with Gasteiger partial charge in [-0.2, -0.15) is 0 Å². The number of carbonyl (C=O) groups is 2. The molecule has 5 rings (SSSR count). The van der Waals surface area contributed by atoms with Crippen molar-refractivity contribution in [2.75, 3.05) is 6.54 Å². The lowest BCUT2D eigenvalue weighted by Crippen LogP contribution is -2.41. The summed E-state index contributed by atoms with van der Waals surface area (Å²) >= 11 is 3.46. The van der Waals surface area contributed by atoms with Gasteiger partial charge in [-0.1, -0.05) is 18.6 Å². The van der Waals surface area contributed by atoms with Gasteiger partial charge in [0.1, 0.15) is 11.2 Å². The van der Waals surface area contributed by atoms with Gasteiger partial charge >= 0.3 is 12.2 Å². The van der Waals surface area contributed by atoms with E-state index in [2.05, 4.69) is 20.9 Å². The van der Waals surface area contributed by atoms with Gasteiger partial charge in [0, 0.05) is 46.1 Å². The van der Waals surface area contributed by atoms with Gasteiger partial charge in [0.15, 0.2) is 0 Å². The number of ether oxygens (including phenoxy) is 2. The molecule has 1 amide bonds. The monoisotopic (exact) mass is 650 g/mol. The molecule has 1 aliphatic rings. The molecule has 1 aromatic carbocycles. The molecule has 3 heterocycles. The van der Waals surface area contributed by atoms with Gasteiger partial charge in [-0.25, -0.2) is 14.2 Å². The number of fused-ring (bicyclic) bond motifs is 2. The SMILES string of the molecule is CC(C)(C)OC(=O)N(Cc1cc2ccc(Cn3ccc4c(Br)cncc4c3=O)cc2n1C(=O)OC(C)(C)C)CC1CCC1. The molecule has 43 heavy (non-hydrogen) atoms. The summed E-state index contributed by atoms with van der Waals surface area (Å²) in [6.07, 6.45) is 7.36. The van der Waals surface area contributed by atoms with Crippen LogP contribution in [0.4, 0.5) is 9.59 Å². The van der Waals surface area contributed by atoms with E-state index in [0.717, 1.165) is 40.1 Å². The number of halogens is 1. The summed E-state index contributed by atoms with van der Waals surface area (Å²) in [5.41, 5.74) is 0.594. The normalized spacial score (nSPS) is 14.1. The van der Waals surface area contributed by atoms with Crippen molar-refractivity contribution in [3.63, 3.8) is 0 Å². The standard InChI is InChI=1S/C33H39BrN4O5/c1-32(2,3)42-30(40)37(18-21-8-7-9-21)20-24-15-23-11-10-22(14-28(23)38(24)31(41)43-33(4,5)6)19-36-13-12-25-26(29(36)39)16-35-17-27(25)34/h10-17,21H,7-9,18-20H2,1-6H3. The Balaban J connectivity index is 1.54. The molecule has 0 atom stereocenters. The Bertz CT molecular complexity index is 1740. The van der Waals surface area contributed by atoms with Crippen LogP contribution in [0.2, 0.25) is 0 Å². The molecule has 1 saturated carbocycles. The largest absolute Gasteiger partial charge is 0.444 e. The van der Waals surface area contributed by atoms with Gasteiger partial charge in [0.05, 0.1) is 24.0 Å².